The summed E-state index contributed by atoms with van der Waals surface area (Å²) in [6.45, 7) is 2.04. The van der Waals surface area contributed by atoms with E-state index < -0.39 is 0 Å². The summed E-state index contributed by atoms with van der Waals surface area (Å²) in [5.41, 5.74) is 3.35. The van der Waals surface area contributed by atoms with Crippen LogP contribution < -0.4 is 10.9 Å². The third-order valence-electron chi connectivity index (χ3n) is 3.17. The molecule has 0 radical (unpaired) electrons. The summed E-state index contributed by atoms with van der Waals surface area (Å²) in [5.74, 6) is 0.553. The monoisotopic (exact) mass is 277 g/mol. The van der Waals surface area contributed by atoms with Crippen LogP contribution in [0.15, 0.2) is 75.9 Å². The second-order valence-electron chi connectivity index (χ2n) is 4.89. The number of nitrogens with one attached hydrogen (secondary N) is 1. The van der Waals surface area contributed by atoms with Crippen LogP contribution >= 0.6 is 0 Å². The first-order valence-corrected chi connectivity index (χ1v) is 6.75. The molecular formula is C18H15NO2. The zero-order chi connectivity index (χ0) is 14.7. The molecule has 1 N–H and O–H groups in total. The van der Waals surface area contributed by atoms with Crippen LogP contribution in [0.1, 0.15) is 5.56 Å². The van der Waals surface area contributed by atoms with Gasteiger partial charge in [-0.1, -0.05) is 48.0 Å². The van der Waals surface area contributed by atoms with Crippen molar-refractivity contribution >= 4 is 11.4 Å². The van der Waals surface area contributed by atoms with E-state index in [0.29, 0.717) is 11.4 Å². The molecule has 0 bridgehead atoms. The molecule has 1 heterocycles. The quantitative estimate of drug-likeness (QED) is 0.773. The fourth-order valence-electron chi connectivity index (χ4n) is 2.10. The Hall–Kier alpha value is -2.81. The predicted molar refractivity (Wildman–Crippen MR) is 84.9 cm³/mol. The Balaban J connectivity index is 1.95. The van der Waals surface area contributed by atoms with E-state index in [-0.39, 0.29) is 5.63 Å². The van der Waals surface area contributed by atoms with Gasteiger partial charge in [0.25, 0.3) is 0 Å². The Bertz CT molecular complexity index is 789. The molecule has 0 saturated heterocycles. The average Bonchev–Trinajstić information content (AvgIpc) is 2.50. The van der Waals surface area contributed by atoms with Crippen molar-refractivity contribution in [3.63, 3.8) is 0 Å². The maximum Gasteiger partial charge on any atom is 0.338 e. The summed E-state index contributed by atoms with van der Waals surface area (Å²) < 4.78 is 5.27. The zero-order valence-electron chi connectivity index (χ0n) is 11.7. The van der Waals surface area contributed by atoms with Crippen LogP contribution in [0.4, 0.5) is 11.4 Å². The minimum absolute atomic E-state index is 0.369. The Labute approximate surface area is 122 Å². The van der Waals surface area contributed by atoms with Crippen molar-refractivity contribution in [3.8, 4) is 11.3 Å². The lowest BCUT2D eigenvalue weighted by molar-refractivity contribution is 0.527. The molecular weight excluding hydrogens is 262 g/mol. The molecule has 2 aromatic carbocycles. The van der Waals surface area contributed by atoms with Crippen molar-refractivity contribution in [3.05, 3.63) is 82.7 Å². The molecule has 0 spiro atoms. The summed E-state index contributed by atoms with van der Waals surface area (Å²) in [6, 6.07) is 20.8. The second kappa shape index (κ2) is 5.67. The number of anilines is 2. The summed E-state index contributed by atoms with van der Waals surface area (Å²) >= 11 is 0. The van der Waals surface area contributed by atoms with E-state index in [1.165, 1.54) is 11.6 Å². The fraction of sp³-hybridized carbons (Fsp3) is 0.0556. The normalized spacial score (nSPS) is 10.3. The van der Waals surface area contributed by atoms with Crippen molar-refractivity contribution in [2.45, 2.75) is 6.92 Å². The number of hydrogen-bond acceptors (Lipinski definition) is 3. The first kappa shape index (κ1) is 13.2. The molecule has 3 rings (SSSR count). The molecule has 0 unspecified atom stereocenters. The highest BCUT2D eigenvalue weighted by molar-refractivity contribution is 5.66. The van der Waals surface area contributed by atoms with E-state index in [4.69, 9.17) is 4.42 Å². The Kier molecular flexibility index (Phi) is 3.56. The fourth-order valence-corrected chi connectivity index (χ4v) is 2.10. The van der Waals surface area contributed by atoms with Crippen molar-refractivity contribution in [2.24, 2.45) is 0 Å². The third-order valence-corrected chi connectivity index (χ3v) is 3.17. The second-order valence-corrected chi connectivity index (χ2v) is 4.89. The molecule has 0 atom stereocenters. The number of rotatable bonds is 3. The maximum atomic E-state index is 11.7. The molecule has 3 aromatic rings. The molecule has 3 nitrogen and oxygen atoms in total. The van der Waals surface area contributed by atoms with Gasteiger partial charge in [0.15, 0.2) is 0 Å². The first-order chi connectivity index (χ1) is 10.2. The largest absolute Gasteiger partial charge is 0.423 e. The van der Waals surface area contributed by atoms with Crippen LogP contribution in [0.5, 0.6) is 0 Å². The summed E-state index contributed by atoms with van der Waals surface area (Å²) in [4.78, 5) is 11.7. The zero-order valence-corrected chi connectivity index (χ0v) is 11.7. The molecule has 104 valence electrons. The van der Waals surface area contributed by atoms with Crippen molar-refractivity contribution < 1.29 is 4.42 Å². The Morgan fingerprint density at radius 1 is 0.857 bits per heavy atom. The molecule has 0 aliphatic rings. The van der Waals surface area contributed by atoms with Gasteiger partial charge < -0.3 is 9.73 Å². The van der Waals surface area contributed by atoms with E-state index in [0.717, 1.165) is 11.3 Å². The molecule has 0 fully saturated rings. The van der Waals surface area contributed by atoms with Gasteiger partial charge in [-0.2, -0.15) is 0 Å². The standard InChI is InChI=1S/C18H15NO2/c1-13-7-9-15(10-8-13)19-16-11-17(21-18(20)12-16)14-5-3-2-4-6-14/h2-12,19H,1H3. The van der Waals surface area contributed by atoms with Crippen LogP contribution in [0.2, 0.25) is 0 Å². The number of aryl methyl sites for hydroxylation is 1. The molecule has 0 amide bonds. The van der Waals surface area contributed by atoms with E-state index in [1.807, 2.05) is 67.6 Å². The van der Waals surface area contributed by atoms with Crippen molar-refractivity contribution in [2.75, 3.05) is 5.32 Å². The van der Waals surface area contributed by atoms with Crippen LogP contribution in [0.25, 0.3) is 11.3 Å². The summed E-state index contributed by atoms with van der Waals surface area (Å²) in [7, 11) is 0. The lowest BCUT2D eigenvalue weighted by Gasteiger charge is -2.08. The molecule has 0 aliphatic heterocycles. The highest BCUT2D eigenvalue weighted by Crippen LogP contribution is 2.23. The Morgan fingerprint density at radius 2 is 1.57 bits per heavy atom. The van der Waals surface area contributed by atoms with Gasteiger partial charge >= 0.3 is 5.63 Å². The van der Waals surface area contributed by atoms with Crippen LogP contribution in [0.3, 0.4) is 0 Å². The average molecular weight is 277 g/mol. The number of hydrogen-bond donors (Lipinski definition) is 1. The number of benzene rings is 2. The first-order valence-electron chi connectivity index (χ1n) is 6.75. The summed E-state index contributed by atoms with van der Waals surface area (Å²) in [5, 5.41) is 3.22. The van der Waals surface area contributed by atoms with Gasteiger partial charge in [-0.3, -0.25) is 0 Å². The van der Waals surface area contributed by atoms with Crippen LogP contribution in [0, 0.1) is 6.92 Å². The van der Waals surface area contributed by atoms with E-state index >= 15 is 0 Å². The van der Waals surface area contributed by atoms with Gasteiger partial charge in [-0.15, -0.1) is 0 Å². The maximum absolute atomic E-state index is 11.7. The van der Waals surface area contributed by atoms with Gasteiger partial charge in [0.2, 0.25) is 0 Å². The highest BCUT2D eigenvalue weighted by Gasteiger charge is 2.04. The highest BCUT2D eigenvalue weighted by atomic mass is 16.4. The van der Waals surface area contributed by atoms with Gasteiger partial charge in [0, 0.05) is 29.1 Å². The molecule has 21 heavy (non-hydrogen) atoms. The van der Waals surface area contributed by atoms with Crippen molar-refractivity contribution in [1.82, 2.24) is 0 Å². The Morgan fingerprint density at radius 3 is 2.29 bits per heavy atom. The molecule has 0 saturated carbocycles. The minimum atomic E-state index is -0.369. The van der Waals surface area contributed by atoms with Gasteiger partial charge in [-0.05, 0) is 19.1 Å². The SMILES string of the molecule is Cc1ccc(Nc2cc(-c3ccccc3)oc(=O)c2)cc1. The van der Waals surface area contributed by atoms with E-state index in [9.17, 15) is 4.79 Å². The van der Waals surface area contributed by atoms with Crippen LogP contribution in [-0.2, 0) is 0 Å². The van der Waals surface area contributed by atoms with Crippen LogP contribution in [-0.4, -0.2) is 0 Å². The van der Waals surface area contributed by atoms with Gasteiger partial charge in [-0.25, -0.2) is 4.79 Å². The third kappa shape index (κ3) is 3.20. The van der Waals surface area contributed by atoms with E-state index in [2.05, 4.69) is 5.32 Å². The lowest BCUT2D eigenvalue weighted by Crippen LogP contribution is -2.01. The van der Waals surface area contributed by atoms with Gasteiger partial charge in [0.05, 0.1) is 0 Å². The van der Waals surface area contributed by atoms with Gasteiger partial charge in [0.1, 0.15) is 5.76 Å². The minimum Gasteiger partial charge on any atom is -0.423 e. The van der Waals surface area contributed by atoms with Crippen molar-refractivity contribution in [1.29, 1.82) is 0 Å². The van der Waals surface area contributed by atoms with E-state index in [1.54, 1.807) is 0 Å². The molecule has 3 heteroatoms. The summed E-state index contributed by atoms with van der Waals surface area (Å²) in [6.07, 6.45) is 0. The lowest BCUT2D eigenvalue weighted by atomic mass is 10.1. The molecule has 1 aromatic heterocycles. The molecule has 0 aliphatic carbocycles. The smallest absolute Gasteiger partial charge is 0.338 e. The topological polar surface area (TPSA) is 42.2 Å². The predicted octanol–water partition coefficient (Wildman–Crippen LogP) is 4.36.